The third kappa shape index (κ3) is 4.94. The number of rotatable bonds is 4. The van der Waals surface area contributed by atoms with Gasteiger partial charge in [-0.3, -0.25) is 4.99 Å². The molecule has 1 aromatic carbocycles. The van der Waals surface area contributed by atoms with Crippen molar-refractivity contribution in [2.24, 2.45) is 4.99 Å². The van der Waals surface area contributed by atoms with Crippen LogP contribution in [0.5, 0.6) is 11.6 Å². The number of nitrogens with zero attached hydrogens (tertiary/aromatic N) is 2. The smallest absolute Gasteiger partial charge is 0.213 e. The maximum atomic E-state index is 6.46. The largest absolute Gasteiger partial charge is 0.487 e. The number of hydrogen-bond acceptors (Lipinski definition) is 4. The summed E-state index contributed by atoms with van der Waals surface area (Å²) >= 11 is 0. The third-order valence-corrected chi connectivity index (χ3v) is 5.67. The highest BCUT2D eigenvalue weighted by molar-refractivity contribution is 14.0. The number of halogens is 1. The van der Waals surface area contributed by atoms with Gasteiger partial charge in [0.1, 0.15) is 11.4 Å². The highest BCUT2D eigenvalue weighted by atomic mass is 127. The van der Waals surface area contributed by atoms with Gasteiger partial charge in [0, 0.05) is 25.1 Å². The van der Waals surface area contributed by atoms with Crippen LogP contribution in [0.3, 0.4) is 0 Å². The van der Waals surface area contributed by atoms with Crippen LogP contribution in [0.4, 0.5) is 0 Å². The Kier molecular flexibility index (Phi) is 7.21. The molecule has 1 fully saturated rings. The van der Waals surface area contributed by atoms with Gasteiger partial charge >= 0.3 is 0 Å². The van der Waals surface area contributed by atoms with E-state index in [1.165, 1.54) is 18.4 Å². The highest BCUT2D eigenvalue weighted by Crippen LogP contribution is 2.46. The third-order valence-electron chi connectivity index (χ3n) is 5.67. The van der Waals surface area contributed by atoms with E-state index < -0.39 is 0 Å². The topological polar surface area (TPSA) is 67.8 Å². The van der Waals surface area contributed by atoms with Crippen molar-refractivity contribution < 1.29 is 9.47 Å². The van der Waals surface area contributed by atoms with Crippen LogP contribution in [-0.2, 0) is 6.54 Å². The number of nitrogens with one attached hydrogen (secondary N) is 2. The van der Waals surface area contributed by atoms with Crippen molar-refractivity contribution in [2.45, 2.75) is 50.3 Å². The van der Waals surface area contributed by atoms with E-state index in [0.29, 0.717) is 12.4 Å². The van der Waals surface area contributed by atoms with Crippen molar-refractivity contribution in [3.8, 4) is 11.6 Å². The molecular weight excluding hydrogens is 479 g/mol. The average Bonchev–Trinajstić information content (AvgIpc) is 3.18. The van der Waals surface area contributed by atoms with Crippen molar-refractivity contribution in [2.75, 3.05) is 14.2 Å². The Labute approximate surface area is 189 Å². The van der Waals surface area contributed by atoms with E-state index >= 15 is 0 Å². The Bertz CT molecular complexity index is 852. The standard InChI is InChI=1S/C22H28N4O2.HI/c1-23-21(24-15-16-8-7-11-20(25-16)27-2)26-18-14-22(12-5-6-13-22)28-19-10-4-3-9-17(18)19;/h3-4,7-11,18H,5-6,12-15H2,1-2H3,(H2,23,24,26);1H. The summed E-state index contributed by atoms with van der Waals surface area (Å²) in [7, 11) is 3.42. The zero-order valence-electron chi connectivity index (χ0n) is 17.0. The zero-order chi connectivity index (χ0) is 19.4. The summed E-state index contributed by atoms with van der Waals surface area (Å²) in [6.07, 6.45) is 5.69. The van der Waals surface area contributed by atoms with E-state index in [2.05, 4.69) is 38.8 Å². The Morgan fingerprint density at radius 3 is 2.76 bits per heavy atom. The van der Waals surface area contributed by atoms with Crippen molar-refractivity contribution in [1.29, 1.82) is 0 Å². The molecule has 6 nitrogen and oxygen atoms in total. The van der Waals surface area contributed by atoms with Gasteiger partial charge in [-0.1, -0.05) is 24.3 Å². The Morgan fingerprint density at radius 2 is 2.00 bits per heavy atom. The number of benzene rings is 1. The average molecular weight is 508 g/mol. The first-order chi connectivity index (χ1) is 13.7. The van der Waals surface area contributed by atoms with Crippen LogP contribution in [0.1, 0.15) is 49.4 Å². The van der Waals surface area contributed by atoms with Crippen LogP contribution in [0.2, 0.25) is 0 Å². The number of pyridine rings is 1. The van der Waals surface area contributed by atoms with Gasteiger partial charge in [0.05, 0.1) is 25.4 Å². The molecular formula is C22H29IN4O2. The van der Waals surface area contributed by atoms with Gasteiger partial charge in [0.15, 0.2) is 5.96 Å². The number of aromatic nitrogens is 1. The first-order valence-corrected chi connectivity index (χ1v) is 9.96. The van der Waals surface area contributed by atoms with E-state index in [-0.39, 0.29) is 35.6 Å². The van der Waals surface area contributed by atoms with Gasteiger partial charge in [-0.2, -0.15) is 0 Å². The molecule has 1 aliphatic heterocycles. The second-order valence-electron chi connectivity index (χ2n) is 7.53. The van der Waals surface area contributed by atoms with Gasteiger partial charge in [0.25, 0.3) is 0 Å². The van der Waals surface area contributed by atoms with Crippen LogP contribution in [0.15, 0.2) is 47.5 Å². The summed E-state index contributed by atoms with van der Waals surface area (Å²) in [5, 5.41) is 6.99. The van der Waals surface area contributed by atoms with E-state index in [9.17, 15) is 0 Å². The summed E-state index contributed by atoms with van der Waals surface area (Å²) in [6, 6.07) is 14.3. The number of fused-ring (bicyclic) bond motifs is 1. The molecule has 2 N–H and O–H groups in total. The van der Waals surface area contributed by atoms with Crippen LogP contribution < -0.4 is 20.1 Å². The lowest BCUT2D eigenvalue weighted by Gasteiger charge is -2.40. The molecule has 2 aromatic rings. The number of guanidine groups is 1. The minimum absolute atomic E-state index is 0. The number of para-hydroxylation sites is 1. The van der Waals surface area contributed by atoms with Gasteiger partial charge in [-0.15, -0.1) is 24.0 Å². The quantitative estimate of drug-likeness (QED) is 0.368. The molecule has 1 saturated carbocycles. The van der Waals surface area contributed by atoms with Crippen LogP contribution in [-0.4, -0.2) is 30.7 Å². The summed E-state index contributed by atoms with van der Waals surface area (Å²) in [5.74, 6) is 2.38. The maximum absolute atomic E-state index is 6.46. The fourth-order valence-corrected chi connectivity index (χ4v) is 4.28. The molecule has 0 amide bonds. The Balaban J connectivity index is 0.00000240. The van der Waals surface area contributed by atoms with Crippen molar-refractivity contribution in [1.82, 2.24) is 15.6 Å². The molecule has 7 heteroatoms. The molecule has 156 valence electrons. The van der Waals surface area contributed by atoms with Crippen LogP contribution in [0.25, 0.3) is 0 Å². The van der Waals surface area contributed by atoms with Crippen LogP contribution in [0, 0.1) is 0 Å². The molecule has 1 spiro atoms. The molecule has 0 radical (unpaired) electrons. The SMILES string of the molecule is CN=C(NCc1cccc(OC)n1)NC1CC2(CCCC2)Oc2ccccc21.I. The Morgan fingerprint density at radius 1 is 1.21 bits per heavy atom. The van der Waals surface area contributed by atoms with E-state index in [4.69, 9.17) is 9.47 Å². The minimum atomic E-state index is -0.0424. The molecule has 1 unspecified atom stereocenters. The van der Waals surface area contributed by atoms with Crippen molar-refractivity contribution >= 4 is 29.9 Å². The van der Waals surface area contributed by atoms with Crippen LogP contribution >= 0.6 is 24.0 Å². The zero-order valence-corrected chi connectivity index (χ0v) is 19.3. The van der Waals surface area contributed by atoms with Gasteiger partial charge < -0.3 is 20.1 Å². The normalized spacial score (nSPS) is 19.7. The molecule has 4 rings (SSSR count). The summed E-state index contributed by atoms with van der Waals surface area (Å²) in [5.41, 5.74) is 2.06. The van der Waals surface area contributed by atoms with Crippen molar-refractivity contribution in [3.05, 3.63) is 53.7 Å². The molecule has 1 aromatic heterocycles. The van der Waals surface area contributed by atoms with Gasteiger partial charge in [-0.25, -0.2) is 4.98 Å². The first kappa shape index (κ1) is 21.7. The maximum Gasteiger partial charge on any atom is 0.213 e. The second kappa shape index (κ2) is 9.65. The predicted molar refractivity (Wildman–Crippen MR) is 125 cm³/mol. The summed E-state index contributed by atoms with van der Waals surface area (Å²) in [4.78, 5) is 8.87. The lowest BCUT2D eigenvalue weighted by molar-refractivity contribution is 0.0396. The number of hydrogen-bond donors (Lipinski definition) is 2. The molecule has 2 aliphatic rings. The van der Waals surface area contributed by atoms with E-state index in [0.717, 1.165) is 36.7 Å². The van der Waals surface area contributed by atoms with Gasteiger partial charge in [0.2, 0.25) is 5.88 Å². The molecule has 29 heavy (non-hydrogen) atoms. The van der Waals surface area contributed by atoms with E-state index in [1.54, 1.807) is 14.2 Å². The predicted octanol–water partition coefficient (Wildman–Crippen LogP) is 4.21. The first-order valence-electron chi connectivity index (χ1n) is 9.96. The lowest BCUT2D eigenvalue weighted by atomic mass is 9.86. The fraction of sp³-hybridized carbons (Fsp3) is 0.455. The summed E-state index contributed by atoms with van der Waals surface area (Å²) < 4.78 is 11.7. The minimum Gasteiger partial charge on any atom is -0.487 e. The molecule has 1 atom stereocenters. The molecule has 1 aliphatic carbocycles. The molecule has 0 bridgehead atoms. The fourth-order valence-electron chi connectivity index (χ4n) is 4.28. The monoisotopic (exact) mass is 508 g/mol. The second-order valence-corrected chi connectivity index (χ2v) is 7.53. The number of methoxy groups -OCH3 is 1. The molecule has 0 saturated heterocycles. The number of ether oxygens (including phenoxy) is 2. The number of aliphatic imine (C=N–C) groups is 1. The lowest BCUT2D eigenvalue weighted by Crippen LogP contribution is -2.46. The highest BCUT2D eigenvalue weighted by Gasteiger charge is 2.43. The Hall–Kier alpha value is -2.03. The van der Waals surface area contributed by atoms with Gasteiger partial charge in [-0.05, 0) is 37.8 Å². The summed E-state index contributed by atoms with van der Waals surface area (Å²) in [6.45, 7) is 0.576. The van der Waals surface area contributed by atoms with Crippen molar-refractivity contribution in [3.63, 3.8) is 0 Å². The van der Waals surface area contributed by atoms with E-state index in [1.807, 2.05) is 24.3 Å². The molecule has 2 heterocycles.